The molecule has 0 spiro atoms. The van der Waals surface area contributed by atoms with Crippen molar-refractivity contribution >= 4 is 27.5 Å². The molecular formula is C12H5BrClF4NO. The fraction of sp³-hybridized carbons (Fsp3) is 0.0833. The first-order valence-electron chi connectivity index (χ1n) is 5.13. The highest BCUT2D eigenvalue weighted by Crippen LogP contribution is 2.34. The van der Waals surface area contributed by atoms with Crippen LogP contribution in [0.5, 0.6) is 11.6 Å². The van der Waals surface area contributed by atoms with Crippen LogP contribution < -0.4 is 4.74 Å². The number of rotatable bonds is 2. The summed E-state index contributed by atoms with van der Waals surface area (Å²) in [6.07, 6.45) is -4.58. The van der Waals surface area contributed by atoms with E-state index in [1.54, 1.807) is 0 Å². The van der Waals surface area contributed by atoms with E-state index in [0.29, 0.717) is 16.6 Å². The summed E-state index contributed by atoms with van der Waals surface area (Å²) >= 11 is 8.55. The first-order chi connectivity index (χ1) is 9.24. The number of benzene rings is 1. The molecule has 0 radical (unpaired) electrons. The van der Waals surface area contributed by atoms with Crippen molar-refractivity contribution in [2.24, 2.45) is 0 Å². The molecule has 0 aliphatic rings. The van der Waals surface area contributed by atoms with Crippen molar-refractivity contribution in [3.05, 3.63) is 51.3 Å². The van der Waals surface area contributed by atoms with Gasteiger partial charge in [0.25, 0.3) is 0 Å². The van der Waals surface area contributed by atoms with E-state index < -0.39 is 17.6 Å². The summed E-state index contributed by atoms with van der Waals surface area (Å²) in [5.74, 6) is -0.977. The molecule has 2 nitrogen and oxygen atoms in total. The Labute approximate surface area is 124 Å². The quantitative estimate of drug-likeness (QED) is 0.518. The zero-order valence-electron chi connectivity index (χ0n) is 9.51. The Morgan fingerprint density at radius 1 is 1.10 bits per heavy atom. The first kappa shape index (κ1) is 15.1. The van der Waals surface area contributed by atoms with Crippen molar-refractivity contribution in [1.29, 1.82) is 0 Å². The van der Waals surface area contributed by atoms with Gasteiger partial charge in [-0.05, 0) is 18.2 Å². The fourth-order valence-electron chi connectivity index (χ4n) is 1.40. The van der Waals surface area contributed by atoms with Gasteiger partial charge in [0, 0.05) is 16.6 Å². The predicted molar refractivity (Wildman–Crippen MR) is 68.4 cm³/mol. The highest BCUT2D eigenvalue weighted by molar-refractivity contribution is 9.10. The Morgan fingerprint density at radius 3 is 2.40 bits per heavy atom. The van der Waals surface area contributed by atoms with Crippen molar-refractivity contribution in [3.8, 4) is 11.6 Å². The van der Waals surface area contributed by atoms with E-state index in [9.17, 15) is 17.6 Å². The second-order valence-corrected chi connectivity index (χ2v) is 5.02. The number of ether oxygens (including phenoxy) is 1. The van der Waals surface area contributed by atoms with Gasteiger partial charge in [0.2, 0.25) is 5.88 Å². The largest absolute Gasteiger partial charge is 0.439 e. The normalized spacial score (nSPS) is 11.5. The van der Waals surface area contributed by atoms with Crippen LogP contribution in [0.25, 0.3) is 0 Å². The summed E-state index contributed by atoms with van der Waals surface area (Å²) in [7, 11) is 0. The maximum absolute atomic E-state index is 13.1. The molecule has 2 rings (SSSR count). The van der Waals surface area contributed by atoms with Crippen molar-refractivity contribution in [3.63, 3.8) is 0 Å². The summed E-state index contributed by atoms with van der Waals surface area (Å²) < 4.78 is 56.4. The standard InChI is InChI=1S/C12H5BrClF4NO/c13-7-3-8(15)5-9(4-7)20-11-2-6(12(16,17)18)1-10(14)19-11/h1-5H. The van der Waals surface area contributed by atoms with Gasteiger partial charge in [0.1, 0.15) is 16.7 Å². The summed E-state index contributed by atoms with van der Waals surface area (Å²) in [4.78, 5) is 3.61. The molecule has 8 heteroatoms. The minimum absolute atomic E-state index is 0.000217. The van der Waals surface area contributed by atoms with Crippen molar-refractivity contribution < 1.29 is 22.3 Å². The molecule has 1 aromatic carbocycles. The summed E-state index contributed by atoms with van der Waals surface area (Å²) in [5.41, 5.74) is -0.997. The molecule has 0 aliphatic carbocycles. The zero-order valence-corrected chi connectivity index (χ0v) is 11.9. The first-order valence-corrected chi connectivity index (χ1v) is 6.30. The Hall–Kier alpha value is -1.34. The van der Waals surface area contributed by atoms with Gasteiger partial charge in [-0.2, -0.15) is 13.2 Å². The fourth-order valence-corrected chi connectivity index (χ4v) is 2.04. The molecule has 1 aromatic heterocycles. The van der Waals surface area contributed by atoms with Gasteiger partial charge in [0.15, 0.2) is 0 Å². The second kappa shape index (κ2) is 5.57. The van der Waals surface area contributed by atoms with Crippen LogP contribution in [0, 0.1) is 5.82 Å². The lowest BCUT2D eigenvalue weighted by atomic mass is 10.2. The van der Waals surface area contributed by atoms with Crippen LogP contribution in [0.4, 0.5) is 17.6 Å². The van der Waals surface area contributed by atoms with Crippen LogP contribution in [0.1, 0.15) is 5.56 Å². The third-order valence-electron chi connectivity index (χ3n) is 2.16. The molecule has 106 valence electrons. The lowest BCUT2D eigenvalue weighted by Crippen LogP contribution is -2.05. The van der Waals surface area contributed by atoms with Crippen LogP contribution in [-0.2, 0) is 6.18 Å². The van der Waals surface area contributed by atoms with E-state index in [1.165, 1.54) is 12.1 Å². The average Bonchev–Trinajstić information content (AvgIpc) is 2.25. The van der Waals surface area contributed by atoms with Crippen LogP contribution in [0.15, 0.2) is 34.8 Å². The van der Waals surface area contributed by atoms with Crippen LogP contribution in [0.3, 0.4) is 0 Å². The molecule has 0 saturated heterocycles. The molecule has 0 unspecified atom stereocenters. The molecule has 0 aliphatic heterocycles. The SMILES string of the molecule is Fc1cc(Br)cc(Oc2cc(C(F)(F)F)cc(Cl)n2)c1. The summed E-state index contributed by atoms with van der Waals surface area (Å²) in [5, 5.41) is -0.370. The van der Waals surface area contributed by atoms with Crippen LogP contribution >= 0.6 is 27.5 Å². The molecule has 0 bridgehead atoms. The average molecular weight is 371 g/mol. The van der Waals surface area contributed by atoms with Gasteiger partial charge >= 0.3 is 6.18 Å². The third kappa shape index (κ3) is 3.83. The lowest BCUT2D eigenvalue weighted by molar-refractivity contribution is -0.137. The molecular weight excluding hydrogens is 365 g/mol. The topological polar surface area (TPSA) is 22.1 Å². The summed E-state index contributed by atoms with van der Waals surface area (Å²) in [6, 6.07) is 4.94. The number of aromatic nitrogens is 1. The highest BCUT2D eigenvalue weighted by Gasteiger charge is 2.31. The van der Waals surface area contributed by atoms with Gasteiger partial charge in [-0.25, -0.2) is 9.37 Å². The third-order valence-corrected chi connectivity index (χ3v) is 2.81. The molecule has 0 fully saturated rings. The lowest BCUT2D eigenvalue weighted by Gasteiger charge is -2.10. The molecule has 0 atom stereocenters. The Kier molecular flexibility index (Phi) is 4.19. The number of pyridine rings is 1. The molecule has 20 heavy (non-hydrogen) atoms. The molecule has 0 amide bonds. The number of nitrogens with zero attached hydrogens (tertiary/aromatic N) is 1. The van der Waals surface area contributed by atoms with Crippen molar-refractivity contribution in [1.82, 2.24) is 4.98 Å². The van der Waals surface area contributed by atoms with Gasteiger partial charge < -0.3 is 4.74 Å². The molecule has 0 saturated carbocycles. The predicted octanol–water partition coefficient (Wildman–Crippen LogP) is 5.45. The van der Waals surface area contributed by atoms with Gasteiger partial charge in [0.05, 0.1) is 5.56 Å². The van der Waals surface area contributed by atoms with E-state index in [-0.39, 0.29) is 16.8 Å². The van der Waals surface area contributed by atoms with Crippen molar-refractivity contribution in [2.45, 2.75) is 6.18 Å². The number of alkyl halides is 3. The van der Waals surface area contributed by atoms with Gasteiger partial charge in [-0.3, -0.25) is 0 Å². The Morgan fingerprint density at radius 2 is 1.80 bits per heavy atom. The van der Waals surface area contributed by atoms with E-state index in [4.69, 9.17) is 16.3 Å². The van der Waals surface area contributed by atoms with E-state index in [2.05, 4.69) is 20.9 Å². The Balaban J connectivity index is 2.36. The number of hydrogen-bond donors (Lipinski definition) is 0. The van der Waals surface area contributed by atoms with Crippen LogP contribution in [0.2, 0.25) is 5.15 Å². The Bertz CT molecular complexity index is 628. The monoisotopic (exact) mass is 369 g/mol. The zero-order chi connectivity index (χ0) is 14.9. The maximum atomic E-state index is 13.1. The molecule has 2 aromatic rings. The second-order valence-electron chi connectivity index (χ2n) is 3.72. The van der Waals surface area contributed by atoms with Gasteiger partial charge in [-0.15, -0.1) is 0 Å². The molecule has 0 N–H and O–H groups in total. The van der Waals surface area contributed by atoms with E-state index >= 15 is 0 Å². The van der Waals surface area contributed by atoms with Gasteiger partial charge in [-0.1, -0.05) is 27.5 Å². The minimum Gasteiger partial charge on any atom is -0.439 e. The van der Waals surface area contributed by atoms with Crippen molar-refractivity contribution in [2.75, 3.05) is 0 Å². The molecule has 1 heterocycles. The minimum atomic E-state index is -4.58. The maximum Gasteiger partial charge on any atom is 0.416 e. The highest BCUT2D eigenvalue weighted by atomic mass is 79.9. The van der Waals surface area contributed by atoms with E-state index in [1.807, 2.05) is 0 Å². The number of halogens is 6. The summed E-state index contributed by atoms with van der Waals surface area (Å²) in [6.45, 7) is 0. The number of hydrogen-bond acceptors (Lipinski definition) is 2. The van der Waals surface area contributed by atoms with Crippen LogP contribution in [-0.4, -0.2) is 4.98 Å². The van der Waals surface area contributed by atoms with E-state index in [0.717, 1.165) is 6.07 Å². The smallest absolute Gasteiger partial charge is 0.416 e.